The molecule has 150 valence electrons. The van der Waals surface area contributed by atoms with E-state index in [-0.39, 0.29) is 30.9 Å². The third-order valence-electron chi connectivity index (χ3n) is 5.82. The van der Waals surface area contributed by atoms with Gasteiger partial charge in [0.2, 0.25) is 5.91 Å². The van der Waals surface area contributed by atoms with Crippen molar-refractivity contribution < 1.29 is 19.0 Å². The average Bonchev–Trinajstić information content (AvgIpc) is 2.67. The average molecular weight is 378 g/mol. The van der Waals surface area contributed by atoms with Gasteiger partial charge >= 0.3 is 0 Å². The molecule has 5 nitrogen and oxygen atoms in total. The standard InChI is InChI=1S/C21H31FN2O3/c1-27-14-18(25)12-23-13-20(26)24-10-9-15-7-8-17(22)11-19(15)21(24)16-5-3-2-4-6-16/h7-8,11,16,18,21,23,25H,2-6,9-10,12-14H2,1H3/t18-,21?/m0/s1. The summed E-state index contributed by atoms with van der Waals surface area (Å²) in [6, 6.07) is 4.99. The van der Waals surface area contributed by atoms with E-state index in [2.05, 4.69) is 5.32 Å². The number of fused-ring (bicyclic) bond motifs is 1. The second-order valence-corrected chi connectivity index (χ2v) is 7.76. The van der Waals surface area contributed by atoms with Crippen LogP contribution in [0.2, 0.25) is 0 Å². The summed E-state index contributed by atoms with van der Waals surface area (Å²) in [5.41, 5.74) is 2.15. The maximum Gasteiger partial charge on any atom is 0.237 e. The monoisotopic (exact) mass is 378 g/mol. The number of ether oxygens (including phenoxy) is 1. The molecule has 6 heteroatoms. The van der Waals surface area contributed by atoms with E-state index in [1.54, 1.807) is 6.07 Å². The Balaban J connectivity index is 1.73. The summed E-state index contributed by atoms with van der Waals surface area (Å²) in [6.07, 6.45) is 5.90. The minimum absolute atomic E-state index is 0.0186. The largest absolute Gasteiger partial charge is 0.389 e. The number of carbonyl (C=O) groups excluding carboxylic acids is 1. The van der Waals surface area contributed by atoms with E-state index < -0.39 is 6.10 Å². The second-order valence-electron chi connectivity index (χ2n) is 7.76. The maximum atomic E-state index is 14.0. The van der Waals surface area contributed by atoms with Crippen LogP contribution in [-0.2, 0) is 16.0 Å². The number of nitrogens with zero attached hydrogens (tertiary/aromatic N) is 1. The van der Waals surface area contributed by atoms with E-state index in [0.29, 0.717) is 19.0 Å². The Labute approximate surface area is 160 Å². The van der Waals surface area contributed by atoms with Gasteiger partial charge in [-0.15, -0.1) is 0 Å². The molecule has 1 aromatic rings. The molecule has 27 heavy (non-hydrogen) atoms. The molecule has 1 amide bonds. The maximum absolute atomic E-state index is 14.0. The predicted octanol–water partition coefficient (Wildman–Crippen LogP) is 2.43. The fourth-order valence-corrected chi connectivity index (χ4v) is 4.55. The van der Waals surface area contributed by atoms with Gasteiger partial charge in [0.05, 0.1) is 25.3 Å². The highest BCUT2D eigenvalue weighted by atomic mass is 19.1. The lowest BCUT2D eigenvalue weighted by molar-refractivity contribution is -0.135. The zero-order chi connectivity index (χ0) is 19.2. The highest BCUT2D eigenvalue weighted by molar-refractivity contribution is 5.79. The predicted molar refractivity (Wildman–Crippen MR) is 102 cm³/mol. The number of halogens is 1. The quantitative estimate of drug-likeness (QED) is 0.765. The Hall–Kier alpha value is -1.50. The highest BCUT2D eigenvalue weighted by Gasteiger charge is 2.36. The fourth-order valence-electron chi connectivity index (χ4n) is 4.55. The molecule has 2 aliphatic rings. The van der Waals surface area contributed by atoms with Crippen LogP contribution in [0.5, 0.6) is 0 Å². The van der Waals surface area contributed by atoms with Crippen molar-refractivity contribution in [2.24, 2.45) is 5.92 Å². The summed E-state index contributed by atoms with van der Waals surface area (Å²) in [4.78, 5) is 14.9. The van der Waals surface area contributed by atoms with E-state index in [4.69, 9.17) is 4.74 Å². The van der Waals surface area contributed by atoms with Crippen LogP contribution < -0.4 is 5.32 Å². The van der Waals surface area contributed by atoms with Crippen LogP contribution in [0.15, 0.2) is 18.2 Å². The molecular formula is C21H31FN2O3. The summed E-state index contributed by atoms with van der Waals surface area (Å²) in [7, 11) is 1.54. The first-order chi connectivity index (χ1) is 13.1. The van der Waals surface area contributed by atoms with Crippen LogP contribution in [0, 0.1) is 11.7 Å². The Bertz CT molecular complexity index is 634. The van der Waals surface area contributed by atoms with Crippen molar-refractivity contribution in [2.45, 2.75) is 50.7 Å². The SMILES string of the molecule is COC[C@@H](O)CNCC(=O)N1CCc2ccc(F)cc2C1C1CCCCC1. The van der Waals surface area contributed by atoms with Crippen LogP contribution >= 0.6 is 0 Å². The third-order valence-corrected chi connectivity index (χ3v) is 5.82. The van der Waals surface area contributed by atoms with Crippen LogP contribution in [0.4, 0.5) is 4.39 Å². The molecule has 0 spiro atoms. The Morgan fingerprint density at radius 2 is 2.15 bits per heavy atom. The number of carbonyl (C=O) groups is 1. The summed E-state index contributed by atoms with van der Waals surface area (Å²) in [5.74, 6) is 0.178. The first-order valence-electron chi connectivity index (χ1n) is 10.1. The topological polar surface area (TPSA) is 61.8 Å². The number of aliphatic hydroxyl groups is 1. The van der Waals surface area contributed by atoms with Gasteiger partial charge in [-0.05, 0) is 48.4 Å². The Morgan fingerprint density at radius 3 is 2.89 bits per heavy atom. The smallest absolute Gasteiger partial charge is 0.237 e. The van der Waals surface area contributed by atoms with Crippen LogP contribution in [-0.4, -0.2) is 55.4 Å². The van der Waals surface area contributed by atoms with Crippen molar-refractivity contribution in [3.8, 4) is 0 Å². The van der Waals surface area contributed by atoms with Gasteiger partial charge in [-0.2, -0.15) is 0 Å². The van der Waals surface area contributed by atoms with Gasteiger partial charge < -0.3 is 20.1 Å². The minimum atomic E-state index is -0.631. The van der Waals surface area contributed by atoms with Gasteiger partial charge in [0.25, 0.3) is 0 Å². The van der Waals surface area contributed by atoms with Crippen molar-refractivity contribution in [2.75, 3.05) is 33.4 Å². The first kappa shape index (κ1) is 20.2. The molecule has 0 saturated heterocycles. The number of nitrogens with one attached hydrogen (secondary N) is 1. The number of aliphatic hydroxyl groups excluding tert-OH is 1. The molecule has 1 aromatic carbocycles. The van der Waals surface area contributed by atoms with Crippen molar-refractivity contribution in [1.29, 1.82) is 0 Å². The lowest BCUT2D eigenvalue weighted by Gasteiger charge is -2.43. The molecule has 0 bridgehead atoms. The van der Waals surface area contributed by atoms with E-state index in [9.17, 15) is 14.3 Å². The van der Waals surface area contributed by atoms with E-state index in [0.717, 1.165) is 24.8 Å². The molecular weight excluding hydrogens is 347 g/mol. The van der Waals surface area contributed by atoms with Crippen molar-refractivity contribution in [1.82, 2.24) is 10.2 Å². The van der Waals surface area contributed by atoms with Crippen molar-refractivity contribution in [3.05, 3.63) is 35.1 Å². The molecule has 0 aromatic heterocycles. The number of hydrogen-bond donors (Lipinski definition) is 2. The molecule has 1 fully saturated rings. The normalized spacial score (nSPS) is 21.7. The molecule has 1 aliphatic heterocycles. The Kier molecular flexibility index (Phi) is 7.21. The number of benzene rings is 1. The van der Waals surface area contributed by atoms with Gasteiger partial charge in [-0.3, -0.25) is 4.79 Å². The molecule has 2 atom stereocenters. The third kappa shape index (κ3) is 5.06. The van der Waals surface area contributed by atoms with Crippen LogP contribution in [0.25, 0.3) is 0 Å². The molecule has 1 saturated carbocycles. The zero-order valence-electron chi connectivity index (χ0n) is 16.1. The summed E-state index contributed by atoms with van der Waals surface area (Å²) >= 11 is 0. The van der Waals surface area contributed by atoms with E-state index in [1.165, 1.54) is 38.0 Å². The zero-order valence-corrected chi connectivity index (χ0v) is 16.1. The van der Waals surface area contributed by atoms with Crippen LogP contribution in [0.3, 0.4) is 0 Å². The number of rotatable bonds is 7. The van der Waals surface area contributed by atoms with Gasteiger partial charge in [-0.1, -0.05) is 25.3 Å². The van der Waals surface area contributed by atoms with Gasteiger partial charge in [0.15, 0.2) is 0 Å². The summed E-state index contributed by atoms with van der Waals surface area (Å²) in [5, 5.41) is 12.8. The number of amides is 1. The minimum Gasteiger partial charge on any atom is -0.389 e. The van der Waals surface area contributed by atoms with Gasteiger partial charge in [0.1, 0.15) is 5.82 Å². The van der Waals surface area contributed by atoms with Crippen LogP contribution in [0.1, 0.15) is 49.3 Å². The van der Waals surface area contributed by atoms with Crippen molar-refractivity contribution >= 4 is 5.91 Å². The van der Waals surface area contributed by atoms with E-state index >= 15 is 0 Å². The lowest BCUT2D eigenvalue weighted by atomic mass is 9.77. The fraction of sp³-hybridized carbons (Fsp3) is 0.667. The second kappa shape index (κ2) is 9.62. The number of methoxy groups -OCH3 is 1. The molecule has 2 N–H and O–H groups in total. The first-order valence-corrected chi connectivity index (χ1v) is 10.1. The van der Waals surface area contributed by atoms with E-state index in [1.807, 2.05) is 11.0 Å². The molecule has 0 radical (unpaired) electrons. The highest BCUT2D eigenvalue weighted by Crippen LogP contribution is 2.42. The molecule has 3 rings (SSSR count). The lowest BCUT2D eigenvalue weighted by Crippen LogP contribution is -2.47. The van der Waals surface area contributed by atoms with Crippen molar-refractivity contribution in [3.63, 3.8) is 0 Å². The number of hydrogen-bond acceptors (Lipinski definition) is 4. The molecule has 1 heterocycles. The van der Waals surface area contributed by atoms with Gasteiger partial charge in [0, 0.05) is 20.2 Å². The molecule has 1 unspecified atom stereocenters. The Morgan fingerprint density at radius 1 is 1.37 bits per heavy atom. The summed E-state index contributed by atoms with van der Waals surface area (Å²) in [6.45, 7) is 1.39. The summed E-state index contributed by atoms with van der Waals surface area (Å²) < 4.78 is 18.9. The molecule has 1 aliphatic carbocycles. The van der Waals surface area contributed by atoms with Gasteiger partial charge in [-0.25, -0.2) is 4.39 Å².